The van der Waals surface area contributed by atoms with E-state index < -0.39 is 5.97 Å². The van der Waals surface area contributed by atoms with Crippen molar-refractivity contribution in [2.24, 2.45) is 0 Å². The Morgan fingerprint density at radius 3 is 2.65 bits per heavy atom. The molecule has 134 valence electrons. The molecule has 4 nitrogen and oxygen atoms in total. The van der Waals surface area contributed by atoms with E-state index in [1.807, 2.05) is 54.0 Å². The van der Waals surface area contributed by atoms with Gasteiger partial charge in [0.2, 0.25) is 0 Å². The number of aromatic nitrogens is 2. The van der Waals surface area contributed by atoms with Gasteiger partial charge in [0.15, 0.2) is 5.69 Å². The maximum Gasteiger partial charge on any atom is 0.358 e. The number of hydrogen-bond acceptors (Lipinski definition) is 3. The molecule has 0 radical (unpaired) electrons. The Kier molecular flexibility index (Phi) is 5.64. The Morgan fingerprint density at radius 1 is 1.15 bits per heavy atom. The molecule has 6 heteroatoms. The molecule has 3 aromatic rings. The van der Waals surface area contributed by atoms with E-state index in [4.69, 9.17) is 27.9 Å². The van der Waals surface area contributed by atoms with E-state index in [1.54, 1.807) is 13.1 Å². The quantitative estimate of drug-likeness (QED) is 0.560. The summed E-state index contributed by atoms with van der Waals surface area (Å²) in [5, 5.41) is 1.27. The highest BCUT2D eigenvalue weighted by Crippen LogP contribution is 2.24. The van der Waals surface area contributed by atoms with Crippen LogP contribution in [0.25, 0.3) is 5.69 Å². The minimum atomic E-state index is -0.446. The highest BCUT2D eigenvalue weighted by molar-refractivity contribution is 6.31. The van der Waals surface area contributed by atoms with Gasteiger partial charge >= 0.3 is 5.97 Å². The molecule has 1 heterocycles. The molecule has 0 saturated heterocycles. The number of imidazole rings is 1. The van der Waals surface area contributed by atoms with Crippen molar-refractivity contribution in [1.82, 2.24) is 9.55 Å². The zero-order valence-corrected chi connectivity index (χ0v) is 16.0. The van der Waals surface area contributed by atoms with Gasteiger partial charge in [-0.3, -0.25) is 0 Å². The number of nitrogens with zero attached hydrogens (tertiary/aromatic N) is 2. The fourth-order valence-electron chi connectivity index (χ4n) is 2.73. The van der Waals surface area contributed by atoms with Gasteiger partial charge in [0, 0.05) is 22.7 Å². The van der Waals surface area contributed by atoms with Crippen LogP contribution in [-0.2, 0) is 11.2 Å². The Morgan fingerprint density at radius 2 is 1.92 bits per heavy atom. The summed E-state index contributed by atoms with van der Waals surface area (Å²) in [7, 11) is 0. The van der Waals surface area contributed by atoms with Gasteiger partial charge in [0.25, 0.3) is 0 Å². The van der Waals surface area contributed by atoms with Crippen molar-refractivity contribution < 1.29 is 9.53 Å². The summed E-state index contributed by atoms with van der Waals surface area (Å²) >= 11 is 12.3. The standard InChI is InChI=1S/C20H18Cl2N2O2/c1-3-26-20(25)17-12-24(18-11-16(22)8-7-13(18)2)19(23-17)10-14-5-4-6-15(21)9-14/h4-9,11-12H,3,10H2,1-2H3. The number of rotatable bonds is 5. The molecule has 0 N–H and O–H groups in total. The van der Waals surface area contributed by atoms with Crippen LogP contribution in [-0.4, -0.2) is 22.1 Å². The third-order valence-corrected chi connectivity index (χ3v) is 4.42. The van der Waals surface area contributed by atoms with Gasteiger partial charge in [0.1, 0.15) is 5.82 Å². The lowest BCUT2D eigenvalue weighted by molar-refractivity contribution is 0.0520. The SMILES string of the molecule is CCOC(=O)c1cn(-c2cc(Cl)ccc2C)c(Cc2cccc(Cl)c2)n1. The number of carbonyl (C=O) groups is 1. The molecule has 0 bridgehead atoms. The zero-order valence-electron chi connectivity index (χ0n) is 14.5. The fourth-order valence-corrected chi connectivity index (χ4v) is 3.11. The normalized spacial score (nSPS) is 10.8. The summed E-state index contributed by atoms with van der Waals surface area (Å²) in [6.07, 6.45) is 2.21. The summed E-state index contributed by atoms with van der Waals surface area (Å²) in [4.78, 5) is 16.7. The van der Waals surface area contributed by atoms with E-state index >= 15 is 0 Å². The number of ether oxygens (including phenoxy) is 1. The van der Waals surface area contributed by atoms with Crippen molar-refractivity contribution in [2.45, 2.75) is 20.3 Å². The monoisotopic (exact) mass is 388 g/mol. The predicted molar refractivity (Wildman–Crippen MR) is 104 cm³/mol. The average molecular weight is 389 g/mol. The zero-order chi connectivity index (χ0) is 18.7. The van der Waals surface area contributed by atoms with Crippen LogP contribution in [0.4, 0.5) is 0 Å². The lowest BCUT2D eigenvalue weighted by atomic mass is 10.1. The van der Waals surface area contributed by atoms with Gasteiger partial charge in [-0.05, 0) is 49.2 Å². The number of halogens is 2. The summed E-state index contributed by atoms with van der Waals surface area (Å²) in [6, 6.07) is 13.2. The molecule has 0 fully saturated rings. The number of aryl methyl sites for hydroxylation is 1. The van der Waals surface area contributed by atoms with Crippen molar-refractivity contribution >= 4 is 29.2 Å². The fraction of sp³-hybridized carbons (Fsp3) is 0.200. The number of benzene rings is 2. The van der Waals surface area contributed by atoms with Crippen LogP contribution in [0.5, 0.6) is 0 Å². The van der Waals surface area contributed by atoms with E-state index in [2.05, 4.69) is 4.98 Å². The van der Waals surface area contributed by atoms with E-state index in [0.717, 1.165) is 16.8 Å². The van der Waals surface area contributed by atoms with Crippen LogP contribution in [0.15, 0.2) is 48.7 Å². The molecule has 0 atom stereocenters. The maximum absolute atomic E-state index is 12.2. The summed E-state index contributed by atoms with van der Waals surface area (Å²) < 4.78 is 6.98. The van der Waals surface area contributed by atoms with Crippen LogP contribution in [0.3, 0.4) is 0 Å². The molecule has 26 heavy (non-hydrogen) atoms. The van der Waals surface area contributed by atoms with Gasteiger partial charge in [-0.15, -0.1) is 0 Å². The highest BCUT2D eigenvalue weighted by atomic mass is 35.5. The maximum atomic E-state index is 12.2. The number of esters is 1. The van der Waals surface area contributed by atoms with Crippen LogP contribution >= 0.6 is 23.2 Å². The third-order valence-electron chi connectivity index (χ3n) is 3.95. The Bertz CT molecular complexity index is 951. The molecule has 0 aliphatic rings. The molecule has 0 spiro atoms. The van der Waals surface area contributed by atoms with Gasteiger partial charge in [-0.1, -0.05) is 41.4 Å². The molecule has 0 saturated carbocycles. The second-order valence-corrected chi connectivity index (χ2v) is 6.74. The van der Waals surface area contributed by atoms with E-state index in [1.165, 1.54) is 0 Å². The predicted octanol–water partition coefficient (Wildman–Crippen LogP) is 5.26. The van der Waals surface area contributed by atoms with Crippen LogP contribution in [0.1, 0.15) is 34.4 Å². The first kappa shape index (κ1) is 18.5. The average Bonchev–Trinajstić information content (AvgIpc) is 3.01. The van der Waals surface area contributed by atoms with E-state index in [9.17, 15) is 4.79 Å². The minimum Gasteiger partial charge on any atom is -0.461 e. The van der Waals surface area contributed by atoms with Gasteiger partial charge in [-0.2, -0.15) is 0 Å². The molecule has 3 rings (SSSR count). The van der Waals surface area contributed by atoms with E-state index in [0.29, 0.717) is 28.9 Å². The topological polar surface area (TPSA) is 44.1 Å². The first-order chi connectivity index (χ1) is 12.5. The minimum absolute atomic E-state index is 0.267. The number of hydrogen-bond donors (Lipinski definition) is 0. The lowest BCUT2D eigenvalue weighted by Gasteiger charge is -2.11. The molecule has 1 aromatic heterocycles. The Labute approximate surface area is 162 Å². The van der Waals surface area contributed by atoms with Gasteiger partial charge < -0.3 is 9.30 Å². The third kappa shape index (κ3) is 4.09. The highest BCUT2D eigenvalue weighted by Gasteiger charge is 2.18. The van der Waals surface area contributed by atoms with Crippen molar-refractivity contribution in [3.8, 4) is 5.69 Å². The smallest absolute Gasteiger partial charge is 0.358 e. The second kappa shape index (κ2) is 7.94. The molecular formula is C20H18Cl2N2O2. The first-order valence-corrected chi connectivity index (χ1v) is 9.00. The molecule has 0 aliphatic heterocycles. The summed E-state index contributed by atoms with van der Waals surface area (Å²) in [5.74, 6) is 0.263. The van der Waals surface area contributed by atoms with Gasteiger partial charge in [0.05, 0.1) is 12.3 Å². The van der Waals surface area contributed by atoms with Crippen molar-refractivity contribution in [3.63, 3.8) is 0 Å². The largest absolute Gasteiger partial charge is 0.461 e. The molecule has 0 amide bonds. The molecule has 2 aromatic carbocycles. The number of carbonyl (C=O) groups excluding carboxylic acids is 1. The van der Waals surface area contributed by atoms with Crippen molar-refractivity contribution in [2.75, 3.05) is 6.61 Å². The van der Waals surface area contributed by atoms with Crippen molar-refractivity contribution in [3.05, 3.63) is 81.4 Å². The lowest BCUT2D eigenvalue weighted by Crippen LogP contribution is -2.05. The summed E-state index contributed by atoms with van der Waals surface area (Å²) in [6.45, 7) is 4.05. The second-order valence-electron chi connectivity index (χ2n) is 5.87. The van der Waals surface area contributed by atoms with Crippen LogP contribution < -0.4 is 0 Å². The van der Waals surface area contributed by atoms with Crippen LogP contribution in [0.2, 0.25) is 10.0 Å². The Balaban J connectivity index is 2.08. The molecule has 0 aliphatic carbocycles. The molecule has 0 unspecified atom stereocenters. The van der Waals surface area contributed by atoms with Gasteiger partial charge in [-0.25, -0.2) is 9.78 Å². The first-order valence-electron chi connectivity index (χ1n) is 8.24. The summed E-state index contributed by atoms with van der Waals surface area (Å²) in [5.41, 5.74) is 3.16. The van der Waals surface area contributed by atoms with Crippen molar-refractivity contribution in [1.29, 1.82) is 0 Å². The van der Waals surface area contributed by atoms with Crippen LogP contribution in [0, 0.1) is 6.92 Å². The van der Waals surface area contributed by atoms with E-state index in [-0.39, 0.29) is 5.69 Å². The molecular weight excluding hydrogens is 371 g/mol. The Hall–Kier alpha value is -2.30.